The van der Waals surface area contributed by atoms with Gasteiger partial charge in [-0.15, -0.1) is 0 Å². The third-order valence-electron chi connectivity index (χ3n) is 14.1. The monoisotopic (exact) mass is 1090 g/mol. The molecule has 1 amide bonds. The van der Waals surface area contributed by atoms with Crippen LogP contribution in [-0.4, -0.2) is 125 Å². The summed E-state index contributed by atoms with van der Waals surface area (Å²) in [6.45, 7) is 15.3. The van der Waals surface area contributed by atoms with Crippen molar-refractivity contribution in [1.82, 2.24) is 59.6 Å². The molecule has 19 nitrogen and oxygen atoms in total. The number of hydrogen-bond donors (Lipinski definition) is 5. The number of piperidine rings is 2. The van der Waals surface area contributed by atoms with Crippen LogP contribution in [0.2, 0.25) is 10.0 Å². The Labute approximate surface area is 443 Å². The minimum Gasteiger partial charge on any atom is -0.361 e. The fraction of sp³-hybridized carbons (Fsp3) is 0.412. The van der Waals surface area contributed by atoms with Gasteiger partial charge in [-0.25, -0.2) is 32.2 Å². The topological polar surface area (TPSA) is 232 Å². The number of likely N-dealkylation sites (tertiary alicyclic amines) is 2. The number of aryl methyl sites for hydroxylation is 6. The van der Waals surface area contributed by atoms with E-state index in [4.69, 9.17) is 27.7 Å². The number of carbonyl (C=O) groups excluding carboxylic acids is 1. The number of nitrogens with zero attached hydrogens (tertiary/aromatic N) is 10. The summed E-state index contributed by atoms with van der Waals surface area (Å²) in [6.07, 6.45) is 7.76. The molecule has 0 radical (unpaired) electrons. The highest BCUT2D eigenvalue weighted by atomic mass is 35.5. The maximum atomic E-state index is 15.3. The number of anilines is 6. The van der Waals surface area contributed by atoms with Gasteiger partial charge in [0.15, 0.2) is 23.3 Å². The van der Waals surface area contributed by atoms with Crippen LogP contribution in [-0.2, 0) is 16.4 Å². The van der Waals surface area contributed by atoms with Crippen molar-refractivity contribution in [2.75, 3.05) is 61.5 Å². The molecule has 2 aromatic carbocycles. The van der Waals surface area contributed by atoms with E-state index in [2.05, 4.69) is 66.3 Å². The van der Waals surface area contributed by atoms with Gasteiger partial charge in [0.25, 0.3) is 5.91 Å². The van der Waals surface area contributed by atoms with Gasteiger partial charge >= 0.3 is 0 Å². The van der Waals surface area contributed by atoms with Crippen LogP contribution in [0.25, 0.3) is 0 Å². The van der Waals surface area contributed by atoms with Crippen molar-refractivity contribution in [2.45, 2.75) is 91.5 Å². The van der Waals surface area contributed by atoms with Gasteiger partial charge in [-0.1, -0.05) is 34.4 Å². The highest BCUT2D eigenvalue weighted by molar-refractivity contribution is 7.88. The van der Waals surface area contributed by atoms with E-state index in [9.17, 15) is 13.2 Å². The lowest BCUT2D eigenvalue weighted by molar-refractivity contribution is 0.0667. The predicted octanol–water partition coefficient (Wildman–Crippen LogP) is 9.49. The zero-order valence-corrected chi connectivity index (χ0v) is 45.0. The van der Waals surface area contributed by atoms with E-state index >= 15 is 8.78 Å². The van der Waals surface area contributed by atoms with Crippen molar-refractivity contribution < 1.29 is 26.5 Å². The fourth-order valence-corrected chi connectivity index (χ4v) is 11.1. The number of halogens is 4. The molecule has 396 valence electrons. The van der Waals surface area contributed by atoms with Gasteiger partial charge in [0.1, 0.15) is 38.8 Å². The third kappa shape index (κ3) is 12.4. The number of rotatable bonds is 13. The van der Waals surface area contributed by atoms with Crippen LogP contribution in [0.5, 0.6) is 0 Å². The Morgan fingerprint density at radius 2 is 1.31 bits per heavy atom. The molecule has 0 unspecified atom stereocenters. The van der Waals surface area contributed by atoms with Gasteiger partial charge < -0.3 is 25.4 Å². The van der Waals surface area contributed by atoms with E-state index in [1.807, 2.05) is 50.8 Å². The molecule has 8 heterocycles. The van der Waals surface area contributed by atoms with Gasteiger partial charge in [-0.05, 0) is 138 Å². The van der Waals surface area contributed by atoms with Crippen molar-refractivity contribution in [2.24, 2.45) is 0 Å². The number of H-pyrrole nitrogens is 2. The van der Waals surface area contributed by atoms with Gasteiger partial charge in [-0.2, -0.15) is 19.5 Å². The SMILES string of the molecule is Cc1cc(Nc2nc(Cc3cc(C)c(C4CCN(C(=O)c5c(C)noc5C)CC4)cc3F)ncc2Cl)n[nH]1.Cc1cc(Nc2nc(Nc3cc(C)c(C4CCN(C5CN(S(C)(=O)=O)C5)CC4)cc3F)ncc2Cl)n[nH]1. The van der Waals surface area contributed by atoms with Crippen LogP contribution < -0.4 is 16.0 Å². The summed E-state index contributed by atoms with van der Waals surface area (Å²) in [7, 11) is -3.11. The summed E-state index contributed by atoms with van der Waals surface area (Å²) >= 11 is 12.5. The summed E-state index contributed by atoms with van der Waals surface area (Å²) in [4.78, 5) is 34.5. The molecule has 0 atom stereocenters. The van der Waals surface area contributed by atoms with Crippen LogP contribution in [0.15, 0.2) is 53.3 Å². The first-order valence-corrected chi connectivity index (χ1v) is 27.3. The second-order valence-corrected chi connectivity index (χ2v) is 22.4. The van der Waals surface area contributed by atoms with E-state index in [0.717, 1.165) is 72.4 Å². The molecule has 0 saturated carbocycles. The molecule has 3 aliphatic rings. The van der Waals surface area contributed by atoms with Gasteiger partial charge in [0.05, 0.1) is 30.0 Å². The van der Waals surface area contributed by atoms with Crippen LogP contribution in [0.4, 0.5) is 43.7 Å². The second-order valence-electron chi connectivity index (χ2n) is 19.6. The third-order valence-corrected chi connectivity index (χ3v) is 15.9. The van der Waals surface area contributed by atoms with Crippen LogP contribution in [0, 0.1) is 53.2 Å². The number of nitrogens with one attached hydrogen (secondary N) is 5. The molecular weight excluding hydrogens is 1030 g/mol. The molecule has 24 heteroatoms. The molecule has 0 spiro atoms. The maximum absolute atomic E-state index is 15.3. The first-order valence-electron chi connectivity index (χ1n) is 24.7. The number of amides is 1. The van der Waals surface area contributed by atoms with Gasteiger partial charge in [0.2, 0.25) is 16.0 Å². The maximum Gasteiger partial charge on any atom is 0.259 e. The van der Waals surface area contributed by atoms with E-state index in [-0.39, 0.29) is 53.5 Å². The van der Waals surface area contributed by atoms with Gasteiger partial charge in [0, 0.05) is 62.2 Å². The van der Waals surface area contributed by atoms with E-state index in [1.54, 1.807) is 32.0 Å². The first-order chi connectivity index (χ1) is 35.8. The number of benzene rings is 2. The summed E-state index contributed by atoms with van der Waals surface area (Å²) in [6, 6.07) is 10.8. The quantitative estimate of drug-likeness (QED) is 0.0724. The van der Waals surface area contributed by atoms with E-state index in [0.29, 0.717) is 87.9 Å². The molecule has 3 fully saturated rings. The second kappa shape index (κ2) is 22.3. The Morgan fingerprint density at radius 3 is 1.87 bits per heavy atom. The fourth-order valence-electron chi connectivity index (χ4n) is 9.99. The molecule has 3 aliphatic heterocycles. The Kier molecular flexibility index (Phi) is 15.8. The number of aromatic nitrogens is 9. The highest BCUT2D eigenvalue weighted by Gasteiger charge is 2.38. The number of sulfonamides is 1. The summed E-state index contributed by atoms with van der Waals surface area (Å²) in [5, 5.41) is 27.6. The molecule has 0 aliphatic carbocycles. The Hall–Kier alpha value is -6.59. The predicted molar refractivity (Wildman–Crippen MR) is 283 cm³/mol. The molecule has 7 aromatic rings. The van der Waals surface area contributed by atoms with Gasteiger partial charge in [-0.3, -0.25) is 19.9 Å². The zero-order chi connectivity index (χ0) is 53.3. The minimum absolute atomic E-state index is 0.0582. The zero-order valence-electron chi connectivity index (χ0n) is 42.7. The summed E-state index contributed by atoms with van der Waals surface area (Å²) in [5.41, 5.74) is 7.71. The van der Waals surface area contributed by atoms with Crippen LogP contribution >= 0.6 is 23.2 Å². The highest BCUT2D eigenvalue weighted by Crippen LogP contribution is 2.37. The normalized spacial score (nSPS) is 16.1. The lowest BCUT2D eigenvalue weighted by Gasteiger charge is -2.46. The van der Waals surface area contributed by atoms with Crippen molar-refractivity contribution >= 4 is 74.0 Å². The van der Waals surface area contributed by atoms with Crippen molar-refractivity contribution in [3.8, 4) is 0 Å². The largest absolute Gasteiger partial charge is 0.361 e. The van der Waals surface area contributed by atoms with Crippen molar-refractivity contribution in [3.63, 3.8) is 0 Å². The van der Waals surface area contributed by atoms with Crippen molar-refractivity contribution in [3.05, 3.63) is 133 Å². The molecule has 75 heavy (non-hydrogen) atoms. The molecule has 3 saturated heterocycles. The first kappa shape index (κ1) is 53.2. The lowest BCUT2D eigenvalue weighted by Crippen LogP contribution is -2.61. The number of aromatic amines is 2. The smallest absolute Gasteiger partial charge is 0.259 e. The van der Waals surface area contributed by atoms with E-state index < -0.39 is 10.0 Å². The Balaban J connectivity index is 0.000000184. The molecule has 5 N–H and O–H groups in total. The van der Waals surface area contributed by atoms with Crippen LogP contribution in [0.1, 0.15) is 104 Å². The summed E-state index contributed by atoms with van der Waals surface area (Å²) in [5.74, 6) is 2.81. The minimum atomic E-state index is -3.11. The average Bonchev–Trinajstić information content (AvgIpc) is 4.07. The van der Waals surface area contributed by atoms with Crippen LogP contribution in [0.3, 0.4) is 0 Å². The summed E-state index contributed by atoms with van der Waals surface area (Å²) < 4.78 is 60.4. The average molecular weight is 1090 g/mol. The molecular formula is C51H59Cl2F2N15O4S. The molecule has 10 rings (SSSR count). The standard InChI is InChI=1S/C27H29ClFN7O2.C24H30ClFN8O2S/c1-14-9-19(11-23-30-13-21(28)26(31-23)32-24-10-15(2)33-34-24)22(29)12-20(14)18-5-7-36(8-6-18)27(37)25-16(3)35-38-17(25)4;1-14-8-21(28-24-27-11-19(25)23(30-24)29-22-9-15(2)31-32-22)20(26)10-18(14)16-4-6-33(7-5-16)17-12-34(13-17)37(3,35)36/h9-10,12-13,18H,5-8,11H2,1-4H3,(H2,30,31,32,33,34);8-11,16-17H,4-7,12-13H2,1-3H3,(H3,27,28,29,30,31,32). The number of hydrogen-bond acceptors (Lipinski definition) is 15. The Morgan fingerprint density at radius 1 is 0.747 bits per heavy atom. The van der Waals surface area contributed by atoms with Crippen molar-refractivity contribution in [1.29, 1.82) is 0 Å². The lowest BCUT2D eigenvalue weighted by atomic mass is 9.85. The van der Waals surface area contributed by atoms with E-state index in [1.165, 1.54) is 23.0 Å². The Bertz CT molecular complexity index is 3310. The number of carbonyl (C=O) groups is 1. The molecule has 5 aromatic heterocycles. The molecule has 0 bridgehead atoms.